The summed E-state index contributed by atoms with van der Waals surface area (Å²) in [7, 11) is -1.83. The number of rotatable bonds is 8. The number of sulfonamides is 1. The topological polar surface area (TPSA) is 75.7 Å². The number of carbonyl (C=O) groups is 1. The number of benzene rings is 2. The minimum Gasteiger partial charge on any atom is -0.497 e. The molecule has 2 aromatic rings. The van der Waals surface area contributed by atoms with Crippen LogP contribution in [0.2, 0.25) is 0 Å². The minimum atomic E-state index is -3.45. The molecule has 0 radical (unpaired) electrons. The Morgan fingerprint density at radius 2 is 1.93 bits per heavy atom. The molecular weight excluding hydrogens is 388 g/mol. The van der Waals surface area contributed by atoms with Gasteiger partial charge in [-0.15, -0.1) is 0 Å². The fourth-order valence-corrected chi connectivity index (χ4v) is 5.00. The van der Waals surface area contributed by atoms with E-state index in [1.165, 1.54) is 4.31 Å². The van der Waals surface area contributed by atoms with Crippen molar-refractivity contribution in [2.45, 2.75) is 32.2 Å². The number of hydrogen-bond acceptors (Lipinski definition) is 4. The van der Waals surface area contributed by atoms with Gasteiger partial charge in [-0.05, 0) is 41.7 Å². The lowest BCUT2D eigenvalue weighted by Crippen LogP contribution is -2.41. The molecule has 0 saturated carbocycles. The zero-order chi connectivity index (χ0) is 20.9. The van der Waals surface area contributed by atoms with Gasteiger partial charge < -0.3 is 10.1 Å². The largest absolute Gasteiger partial charge is 0.497 e. The Kier molecular flexibility index (Phi) is 6.92. The summed E-state index contributed by atoms with van der Waals surface area (Å²) < 4.78 is 32.3. The number of amides is 1. The monoisotopic (exact) mass is 416 g/mol. The maximum atomic E-state index is 12.8. The van der Waals surface area contributed by atoms with E-state index in [0.717, 1.165) is 22.4 Å². The average Bonchev–Trinajstić information content (AvgIpc) is 2.74. The molecule has 1 unspecified atom stereocenters. The lowest BCUT2D eigenvalue weighted by atomic mass is 9.96. The van der Waals surface area contributed by atoms with Crippen molar-refractivity contribution in [1.82, 2.24) is 9.62 Å². The fourth-order valence-electron chi connectivity index (χ4n) is 3.68. The molecule has 1 N–H and O–H groups in total. The lowest BCUT2D eigenvalue weighted by molar-refractivity contribution is -0.122. The number of nitrogens with zero attached hydrogens (tertiary/aromatic N) is 1. The molecule has 3 rings (SSSR count). The quantitative estimate of drug-likeness (QED) is 0.718. The van der Waals surface area contributed by atoms with Crippen molar-refractivity contribution in [1.29, 1.82) is 0 Å². The van der Waals surface area contributed by atoms with E-state index in [1.807, 2.05) is 55.5 Å². The third kappa shape index (κ3) is 5.16. The normalized spacial score (nSPS) is 15.4. The number of hydrogen-bond donors (Lipinski definition) is 1. The van der Waals surface area contributed by atoms with Gasteiger partial charge in [-0.1, -0.05) is 43.3 Å². The standard InChI is InChI=1S/C22H28N2O4S/c1-3-21(17-7-5-4-6-8-17)22(25)23-12-14-29(26,27)24-13-11-18-15-20(28-2)10-9-19(18)16-24/h4-10,15,21H,3,11-14,16H2,1-2H3,(H,23,25). The highest BCUT2D eigenvalue weighted by Crippen LogP contribution is 2.25. The van der Waals surface area contributed by atoms with E-state index in [9.17, 15) is 13.2 Å². The smallest absolute Gasteiger partial charge is 0.227 e. The maximum absolute atomic E-state index is 12.8. The van der Waals surface area contributed by atoms with Crippen LogP contribution in [0.5, 0.6) is 5.75 Å². The Labute approximate surface area is 172 Å². The highest BCUT2D eigenvalue weighted by atomic mass is 32.2. The molecule has 1 aliphatic rings. The Bertz CT molecular complexity index is 945. The molecule has 1 heterocycles. The minimum absolute atomic E-state index is 0.102. The first kappa shape index (κ1) is 21.3. The van der Waals surface area contributed by atoms with Crippen LogP contribution in [0.4, 0.5) is 0 Å². The number of nitrogens with one attached hydrogen (secondary N) is 1. The van der Waals surface area contributed by atoms with Crippen molar-refractivity contribution < 1.29 is 17.9 Å². The van der Waals surface area contributed by atoms with Gasteiger partial charge in [0.2, 0.25) is 15.9 Å². The molecule has 1 amide bonds. The molecule has 1 aliphatic heterocycles. The molecule has 0 saturated heterocycles. The molecule has 0 bridgehead atoms. The van der Waals surface area contributed by atoms with Gasteiger partial charge in [0, 0.05) is 19.6 Å². The summed E-state index contributed by atoms with van der Waals surface area (Å²) in [6, 6.07) is 15.3. The van der Waals surface area contributed by atoms with Gasteiger partial charge in [-0.2, -0.15) is 4.31 Å². The Hall–Kier alpha value is -2.38. The van der Waals surface area contributed by atoms with Crippen molar-refractivity contribution in [3.63, 3.8) is 0 Å². The van der Waals surface area contributed by atoms with Gasteiger partial charge in [-0.25, -0.2) is 8.42 Å². The second kappa shape index (κ2) is 9.41. The van der Waals surface area contributed by atoms with Crippen LogP contribution in [0.1, 0.15) is 36.0 Å². The number of methoxy groups -OCH3 is 1. The van der Waals surface area contributed by atoms with Crippen molar-refractivity contribution in [2.24, 2.45) is 0 Å². The Balaban J connectivity index is 1.56. The number of carbonyl (C=O) groups excluding carboxylic acids is 1. The van der Waals surface area contributed by atoms with E-state index in [2.05, 4.69) is 5.32 Å². The highest BCUT2D eigenvalue weighted by Gasteiger charge is 2.27. The van der Waals surface area contributed by atoms with Crippen LogP contribution in [0, 0.1) is 0 Å². The van der Waals surface area contributed by atoms with Gasteiger partial charge in [0.05, 0.1) is 18.8 Å². The van der Waals surface area contributed by atoms with Crippen LogP contribution in [-0.2, 0) is 27.8 Å². The molecule has 0 spiro atoms. The summed E-state index contributed by atoms with van der Waals surface area (Å²) in [5.41, 5.74) is 3.07. The van der Waals surface area contributed by atoms with Gasteiger partial charge >= 0.3 is 0 Å². The molecule has 156 valence electrons. The number of fused-ring (bicyclic) bond motifs is 1. The lowest BCUT2D eigenvalue weighted by Gasteiger charge is -2.28. The van der Waals surface area contributed by atoms with E-state index in [-0.39, 0.29) is 24.1 Å². The summed E-state index contributed by atoms with van der Waals surface area (Å²) in [4.78, 5) is 12.5. The van der Waals surface area contributed by atoms with E-state index >= 15 is 0 Å². The van der Waals surface area contributed by atoms with E-state index in [1.54, 1.807) is 7.11 Å². The summed E-state index contributed by atoms with van der Waals surface area (Å²) in [6.07, 6.45) is 1.32. The maximum Gasteiger partial charge on any atom is 0.227 e. The first-order valence-corrected chi connectivity index (χ1v) is 11.5. The Morgan fingerprint density at radius 1 is 1.17 bits per heavy atom. The van der Waals surface area contributed by atoms with Crippen LogP contribution >= 0.6 is 0 Å². The summed E-state index contributed by atoms with van der Waals surface area (Å²) in [5, 5.41) is 2.80. The predicted molar refractivity (Wildman–Crippen MR) is 113 cm³/mol. The zero-order valence-electron chi connectivity index (χ0n) is 16.9. The second-order valence-corrected chi connectivity index (χ2v) is 9.29. The SMILES string of the molecule is CCC(C(=O)NCCS(=O)(=O)N1CCc2cc(OC)ccc2C1)c1ccccc1. The van der Waals surface area contributed by atoms with Crippen molar-refractivity contribution in [3.8, 4) is 5.75 Å². The molecule has 0 fully saturated rings. The Morgan fingerprint density at radius 3 is 2.62 bits per heavy atom. The zero-order valence-corrected chi connectivity index (χ0v) is 17.7. The molecular formula is C22H28N2O4S. The summed E-state index contributed by atoms with van der Waals surface area (Å²) in [6.45, 7) is 2.86. The molecule has 6 nitrogen and oxygen atoms in total. The first-order valence-electron chi connectivity index (χ1n) is 9.91. The van der Waals surface area contributed by atoms with Crippen LogP contribution in [0.25, 0.3) is 0 Å². The van der Waals surface area contributed by atoms with Crippen molar-refractivity contribution in [3.05, 3.63) is 65.2 Å². The van der Waals surface area contributed by atoms with Crippen LogP contribution in [0.3, 0.4) is 0 Å². The third-order valence-corrected chi connectivity index (χ3v) is 7.19. The summed E-state index contributed by atoms with van der Waals surface area (Å²) >= 11 is 0. The van der Waals surface area contributed by atoms with E-state index in [0.29, 0.717) is 25.9 Å². The molecule has 0 aromatic heterocycles. The first-order chi connectivity index (χ1) is 13.9. The molecule has 0 aliphatic carbocycles. The van der Waals surface area contributed by atoms with Crippen molar-refractivity contribution >= 4 is 15.9 Å². The van der Waals surface area contributed by atoms with Gasteiger partial charge in [0.15, 0.2) is 0 Å². The second-order valence-electron chi connectivity index (χ2n) is 7.20. The molecule has 1 atom stereocenters. The average molecular weight is 417 g/mol. The van der Waals surface area contributed by atoms with Crippen molar-refractivity contribution in [2.75, 3.05) is 26.0 Å². The van der Waals surface area contributed by atoms with Crippen LogP contribution in [-0.4, -0.2) is 44.6 Å². The highest BCUT2D eigenvalue weighted by molar-refractivity contribution is 7.89. The fraction of sp³-hybridized carbons (Fsp3) is 0.409. The molecule has 29 heavy (non-hydrogen) atoms. The van der Waals surface area contributed by atoms with Gasteiger partial charge in [-0.3, -0.25) is 4.79 Å². The van der Waals surface area contributed by atoms with Crippen LogP contribution in [0.15, 0.2) is 48.5 Å². The molecule has 2 aromatic carbocycles. The number of ether oxygens (including phenoxy) is 1. The predicted octanol–water partition coefficient (Wildman–Crippen LogP) is 2.69. The van der Waals surface area contributed by atoms with Gasteiger partial charge in [0.1, 0.15) is 5.75 Å². The third-order valence-electron chi connectivity index (χ3n) is 5.37. The summed E-state index contributed by atoms with van der Waals surface area (Å²) in [5.74, 6) is 0.280. The molecule has 7 heteroatoms. The van der Waals surface area contributed by atoms with Crippen LogP contribution < -0.4 is 10.1 Å². The van der Waals surface area contributed by atoms with E-state index in [4.69, 9.17) is 4.74 Å². The van der Waals surface area contributed by atoms with E-state index < -0.39 is 10.0 Å². The van der Waals surface area contributed by atoms with Gasteiger partial charge in [0.25, 0.3) is 0 Å².